The van der Waals surface area contributed by atoms with Gasteiger partial charge in [-0.15, -0.1) is 0 Å². The summed E-state index contributed by atoms with van der Waals surface area (Å²) in [7, 11) is 0. The minimum atomic E-state index is 0.563. The summed E-state index contributed by atoms with van der Waals surface area (Å²) < 4.78 is 0. The summed E-state index contributed by atoms with van der Waals surface area (Å²) in [5.41, 5.74) is 1.43. The van der Waals surface area contributed by atoms with Crippen LogP contribution in [0.1, 0.15) is 32.6 Å². The molecule has 0 radical (unpaired) electrons. The van der Waals surface area contributed by atoms with Gasteiger partial charge >= 0.3 is 0 Å². The molecular weight excluding hydrogens is 205 g/mol. The van der Waals surface area contributed by atoms with E-state index in [4.69, 9.17) is 23.2 Å². The van der Waals surface area contributed by atoms with E-state index in [1.807, 2.05) is 0 Å². The number of nitrogens with one attached hydrogen (secondary N) is 1. The van der Waals surface area contributed by atoms with Crippen molar-refractivity contribution in [3.63, 3.8) is 0 Å². The average molecular weight is 222 g/mol. The lowest BCUT2D eigenvalue weighted by Crippen LogP contribution is -2.33. The maximum atomic E-state index is 5.78. The first-order valence-corrected chi connectivity index (χ1v) is 5.73. The largest absolute Gasteiger partial charge is 0.309 e. The summed E-state index contributed by atoms with van der Waals surface area (Å²) in [6, 6.07) is 0.563. The maximum absolute atomic E-state index is 5.78. The van der Waals surface area contributed by atoms with E-state index in [-0.39, 0.29) is 0 Å². The van der Waals surface area contributed by atoms with Crippen LogP contribution in [-0.2, 0) is 0 Å². The van der Waals surface area contributed by atoms with Gasteiger partial charge in [0.25, 0.3) is 0 Å². The van der Waals surface area contributed by atoms with Gasteiger partial charge in [0.2, 0.25) is 0 Å². The molecule has 3 heteroatoms. The van der Waals surface area contributed by atoms with Gasteiger partial charge in [-0.2, -0.15) is 0 Å². The molecule has 1 N–H and O–H groups in total. The van der Waals surface area contributed by atoms with Crippen LogP contribution in [0.4, 0.5) is 0 Å². The topological polar surface area (TPSA) is 12.0 Å². The van der Waals surface area contributed by atoms with E-state index >= 15 is 0 Å². The Morgan fingerprint density at radius 1 is 1.54 bits per heavy atom. The van der Waals surface area contributed by atoms with Crippen LogP contribution in [0, 0.1) is 5.92 Å². The lowest BCUT2D eigenvalue weighted by atomic mass is 10.00. The molecule has 1 nitrogen and oxygen atoms in total. The molecule has 0 amide bonds. The third-order valence-corrected chi connectivity index (χ3v) is 3.44. The third-order valence-electron chi connectivity index (χ3n) is 2.82. The van der Waals surface area contributed by atoms with Crippen molar-refractivity contribution in [3.05, 3.63) is 10.6 Å². The second-order valence-electron chi connectivity index (χ2n) is 3.77. The highest BCUT2D eigenvalue weighted by molar-refractivity contribution is 6.36. The molecule has 0 aromatic carbocycles. The number of rotatable bonds is 4. The van der Waals surface area contributed by atoms with Crippen molar-refractivity contribution in [1.82, 2.24) is 5.32 Å². The Bertz CT molecular complexity index is 174. The average Bonchev–Trinajstić information content (AvgIpc) is 2.66. The fourth-order valence-corrected chi connectivity index (χ4v) is 2.08. The predicted molar refractivity (Wildman–Crippen MR) is 59.2 cm³/mol. The van der Waals surface area contributed by atoms with Crippen molar-refractivity contribution in [2.75, 3.05) is 6.54 Å². The molecule has 1 atom stereocenters. The van der Waals surface area contributed by atoms with E-state index in [1.54, 1.807) is 0 Å². The van der Waals surface area contributed by atoms with Crippen molar-refractivity contribution in [3.8, 4) is 0 Å². The van der Waals surface area contributed by atoms with Gasteiger partial charge in [-0.3, -0.25) is 0 Å². The second-order valence-corrected chi connectivity index (χ2v) is 4.47. The molecule has 13 heavy (non-hydrogen) atoms. The highest BCUT2D eigenvalue weighted by Gasteiger charge is 2.20. The first-order valence-electron chi connectivity index (χ1n) is 4.92. The van der Waals surface area contributed by atoms with Crippen LogP contribution < -0.4 is 5.32 Å². The maximum Gasteiger partial charge on any atom is 0.0431 e. The van der Waals surface area contributed by atoms with Crippen LogP contribution in [0.3, 0.4) is 0 Å². The molecule has 1 rings (SSSR count). The zero-order chi connectivity index (χ0) is 9.68. The minimum Gasteiger partial charge on any atom is -0.309 e. The number of halogens is 2. The molecule has 0 spiro atoms. The Balaban J connectivity index is 2.20. The zero-order valence-corrected chi connectivity index (χ0v) is 9.54. The predicted octanol–water partition coefficient (Wildman–Crippen LogP) is 3.47. The highest BCUT2D eigenvalue weighted by Crippen LogP contribution is 2.27. The smallest absolute Gasteiger partial charge is 0.0431 e. The summed E-state index contributed by atoms with van der Waals surface area (Å²) >= 11 is 11.2. The van der Waals surface area contributed by atoms with Gasteiger partial charge < -0.3 is 5.32 Å². The molecule has 76 valence electrons. The van der Waals surface area contributed by atoms with Crippen LogP contribution in [0.15, 0.2) is 10.6 Å². The molecule has 0 unspecified atom stereocenters. The third kappa shape index (κ3) is 3.88. The Kier molecular flexibility index (Phi) is 5.15. The van der Waals surface area contributed by atoms with Gasteiger partial charge in [-0.1, -0.05) is 36.0 Å². The molecule has 0 bridgehead atoms. The Hall–Kier alpha value is 0.280. The molecule has 1 aliphatic carbocycles. The van der Waals surface area contributed by atoms with Gasteiger partial charge in [0.15, 0.2) is 0 Å². The summed E-state index contributed by atoms with van der Waals surface area (Å²) in [4.78, 5) is 0. The molecule has 1 aliphatic rings. The van der Waals surface area contributed by atoms with E-state index in [2.05, 4.69) is 12.2 Å². The van der Waals surface area contributed by atoms with Crippen LogP contribution >= 0.6 is 23.2 Å². The molecule has 1 fully saturated rings. The minimum absolute atomic E-state index is 0.563. The van der Waals surface area contributed by atoms with Crippen molar-refractivity contribution >= 4 is 23.2 Å². The summed E-state index contributed by atoms with van der Waals surface area (Å²) in [5.74, 6) is 0.833. The van der Waals surface area contributed by atoms with Crippen LogP contribution in [0.2, 0.25) is 0 Å². The van der Waals surface area contributed by atoms with Crippen molar-refractivity contribution in [2.45, 2.75) is 38.6 Å². The molecular formula is C10H17Cl2N. The van der Waals surface area contributed by atoms with Crippen molar-refractivity contribution in [2.24, 2.45) is 5.92 Å². The summed E-state index contributed by atoms with van der Waals surface area (Å²) in [6.07, 6.45) is 5.48. The fraction of sp³-hybridized carbons (Fsp3) is 0.800. The normalized spacial score (nSPS) is 22.2. The van der Waals surface area contributed by atoms with Crippen LogP contribution in [0.5, 0.6) is 0 Å². The quantitative estimate of drug-likeness (QED) is 0.767. The van der Waals surface area contributed by atoms with Crippen molar-refractivity contribution < 1.29 is 0 Å². The van der Waals surface area contributed by atoms with E-state index in [0.717, 1.165) is 5.92 Å². The van der Waals surface area contributed by atoms with Crippen LogP contribution in [-0.4, -0.2) is 12.6 Å². The number of hydrogen-bond donors (Lipinski definition) is 1. The monoisotopic (exact) mass is 221 g/mol. The Morgan fingerprint density at radius 3 is 2.69 bits per heavy atom. The first kappa shape index (κ1) is 11.4. The van der Waals surface area contributed by atoms with E-state index in [1.165, 1.54) is 31.2 Å². The lowest BCUT2D eigenvalue weighted by molar-refractivity contribution is 0.394. The van der Waals surface area contributed by atoms with E-state index in [0.29, 0.717) is 17.6 Å². The fourth-order valence-electron chi connectivity index (χ4n) is 1.92. The van der Waals surface area contributed by atoms with Gasteiger partial charge in [-0.25, -0.2) is 0 Å². The molecule has 0 saturated heterocycles. The second kappa shape index (κ2) is 5.90. The molecule has 1 saturated carbocycles. The van der Waals surface area contributed by atoms with E-state index in [9.17, 15) is 0 Å². The van der Waals surface area contributed by atoms with Gasteiger partial charge in [-0.05, 0) is 25.7 Å². The van der Waals surface area contributed by atoms with Gasteiger partial charge in [0, 0.05) is 23.2 Å². The summed E-state index contributed by atoms with van der Waals surface area (Å²) in [5, 5.41) is 4.08. The van der Waals surface area contributed by atoms with Gasteiger partial charge in [0.05, 0.1) is 0 Å². The zero-order valence-electron chi connectivity index (χ0n) is 8.02. The Morgan fingerprint density at radius 2 is 2.15 bits per heavy atom. The molecule has 0 heterocycles. The van der Waals surface area contributed by atoms with Crippen LogP contribution in [0.25, 0.3) is 0 Å². The lowest BCUT2D eigenvalue weighted by Gasteiger charge is -2.19. The highest BCUT2D eigenvalue weighted by atomic mass is 35.5. The van der Waals surface area contributed by atoms with Crippen molar-refractivity contribution in [1.29, 1.82) is 0 Å². The van der Waals surface area contributed by atoms with Gasteiger partial charge in [0.1, 0.15) is 0 Å². The van der Waals surface area contributed by atoms with E-state index < -0.39 is 0 Å². The summed E-state index contributed by atoms with van der Waals surface area (Å²) in [6.45, 7) is 2.93. The molecule has 0 aromatic rings. The number of hydrogen-bond acceptors (Lipinski definition) is 1. The Labute approximate surface area is 90.5 Å². The molecule has 0 aliphatic heterocycles. The SMILES string of the molecule is C[C@@H](NCC(Cl)=CCl)C1CCCC1. The first-order chi connectivity index (χ1) is 6.24. The molecule has 0 aromatic heterocycles. The standard InChI is InChI=1S/C10H17Cl2N/c1-8(9-4-2-3-5-9)13-7-10(12)6-11/h6,8-9,13H,2-5,7H2,1H3/t8-/m1/s1.